The number of aromatic nitrogens is 2. The Bertz CT molecular complexity index is 533. The number of hydrogen-bond donors (Lipinski definition) is 2. The Balaban J connectivity index is 2.33. The van der Waals surface area contributed by atoms with Gasteiger partial charge in [0.25, 0.3) is 0 Å². The van der Waals surface area contributed by atoms with Crippen molar-refractivity contribution >= 4 is 11.5 Å². The summed E-state index contributed by atoms with van der Waals surface area (Å²) in [5.74, 6) is -1.01. The minimum Gasteiger partial charge on any atom is -0.480 e. The molecule has 16 heavy (non-hydrogen) atoms. The van der Waals surface area contributed by atoms with Crippen LogP contribution < -0.4 is 5.73 Å². The lowest BCUT2D eigenvalue weighted by molar-refractivity contribution is -0.138. The molecule has 2 rings (SSSR count). The zero-order valence-electron chi connectivity index (χ0n) is 8.92. The first-order chi connectivity index (χ1) is 7.58. The van der Waals surface area contributed by atoms with Crippen LogP contribution in [0.3, 0.4) is 0 Å². The summed E-state index contributed by atoms with van der Waals surface area (Å²) in [6.45, 7) is 1.95. The molecule has 2 aromatic heterocycles. The van der Waals surface area contributed by atoms with Crippen LogP contribution >= 0.6 is 0 Å². The number of carboxylic acids is 1. The number of nitrogens with two attached hydrogens (primary N) is 1. The number of carbonyl (C=O) groups is 1. The molecule has 0 bridgehead atoms. The molecule has 0 saturated carbocycles. The van der Waals surface area contributed by atoms with Crippen molar-refractivity contribution in [3.63, 3.8) is 0 Å². The zero-order chi connectivity index (χ0) is 11.7. The smallest absolute Gasteiger partial charge is 0.320 e. The largest absolute Gasteiger partial charge is 0.480 e. The Hall–Kier alpha value is -1.88. The Morgan fingerprint density at radius 1 is 1.62 bits per heavy atom. The number of fused-ring (bicyclic) bond motifs is 1. The molecular weight excluding hydrogens is 206 g/mol. The lowest BCUT2D eigenvalue weighted by Crippen LogP contribution is -2.32. The molecule has 2 aromatic rings. The first-order valence-corrected chi connectivity index (χ1v) is 5.00. The fourth-order valence-electron chi connectivity index (χ4n) is 1.62. The second-order valence-corrected chi connectivity index (χ2v) is 3.79. The van der Waals surface area contributed by atoms with Crippen LogP contribution in [0.5, 0.6) is 0 Å². The Morgan fingerprint density at radius 3 is 3.00 bits per heavy atom. The van der Waals surface area contributed by atoms with Gasteiger partial charge in [-0.05, 0) is 25.1 Å². The second-order valence-electron chi connectivity index (χ2n) is 3.79. The Kier molecular flexibility index (Phi) is 2.62. The highest BCUT2D eigenvalue weighted by atomic mass is 16.4. The molecule has 0 amide bonds. The van der Waals surface area contributed by atoms with E-state index in [1.54, 1.807) is 4.52 Å². The predicted molar refractivity (Wildman–Crippen MR) is 59.2 cm³/mol. The van der Waals surface area contributed by atoms with E-state index in [-0.39, 0.29) is 6.42 Å². The van der Waals surface area contributed by atoms with Crippen molar-refractivity contribution in [3.05, 3.63) is 35.7 Å². The highest BCUT2D eigenvalue weighted by Gasteiger charge is 2.14. The molecule has 5 heteroatoms. The van der Waals surface area contributed by atoms with Crippen LogP contribution in [-0.4, -0.2) is 26.7 Å². The highest BCUT2D eigenvalue weighted by molar-refractivity contribution is 5.73. The summed E-state index contributed by atoms with van der Waals surface area (Å²) in [5.41, 5.74) is 8.12. The summed E-state index contributed by atoms with van der Waals surface area (Å²) in [5, 5.41) is 13.0. The van der Waals surface area contributed by atoms with Gasteiger partial charge in [-0.1, -0.05) is 6.07 Å². The number of nitrogens with zero attached hydrogens (tertiary/aromatic N) is 2. The molecule has 84 valence electrons. The summed E-state index contributed by atoms with van der Waals surface area (Å²) in [6.07, 6.45) is 0.246. The normalized spacial score (nSPS) is 12.9. The second kappa shape index (κ2) is 3.94. The lowest BCUT2D eigenvalue weighted by atomic mass is 10.2. The SMILES string of the molecule is Cc1cccc2cc(CC(N)C(=O)O)nn12. The number of hydrogen-bond acceptors (Lipinski definition) is 3. The molecule has 0 aliphatic rings. The van der Waals surface area contributed by atoms with Gasteiger partial charge in [0.1, 0.15) is 6.04 Å². The van der Waals surface area contributed by atoms with Crippen molar-refractivity contribution in [1.82, 2.24) is 9.61 Å². The predicted octanol–water partition coefficient (Wildman–Crippen LogP) is 0.597. The maximum Gasteiger partial charge on any atom is 0.320 e. The van der Waals surface area contributed by atoms with Gasteiger partial charge in [0.15, 0.2) is 0 Å². The van der Waals surface area contributed by atoms with Gasteiger partial charge < -0.3 is 10.8 Å². The van der Waals surface area contributed by atoms with Crippen molar-refractivity contribution < 1.29 is 9.90 Å². The van der Waals surface area contributed by atoms with Crippen molar-refractivity contribution in [2.45, 2.75) is 19.4 Å². The summed E-state index contributed by atoms with van der Waals surface area (Å²) in [6, 6.07) is 6.77. The highest BCUT2D eigenvalue weighted by Crippen LogP contribution is 2.10. The van der Waals surface area contributed by atoms with Gasteiger partial charge in [0.2, 0.25) is 0 Å². The molecule has 0 aliphatic carbocycles. The number of aliphatic carboxylic acids is 1. The maximum atomic E-state index is 10.6. The third-order valence-electron chi connectivity index (χ3n) is 2.47. The molecule has 5 nitrogen and oxygen atoms in total. The van der Waals surface area contributed by atoms with Crippen LogP contribution in [0.1, 0.15) is 11.4 Å². The summed E-state index contributed by atoms with van der Waals surface area (Å²) in [7, 11) is 0. The Labute approximate surface area is 92.5 Å². The zero-order valence-corrected chi connectivity index (χ0v) is 8.92. The molecule has 2 heterocycles. The number of aryl methyl sites for hydroxylation is 1. The van der Waals surface area contributed by atoms with E-state index >= 15 is 0 Å². The standard InChI is InChI=1S/C11H13N3O2/c1-7-3-2-4-9-5-8(13-14(7)9)6-10(12)11(15)16/h2-5,10H,6,12H2,1H3,(H,15,16). The minimum absolute atomic E-state index is 0.246. The van der Waals surface area contributed by atoms with Gasteiger partial charge in [0, 0.05) is 12.1 Å². The van der Waals surface area contributed by atoms with Gasteiger partial charge in [0.05, 0.1) is 11.2 Å². The fourth-order valence-corrected chi connectivity index (χ4v) is 1.62. The van der Waals surface area contributed by atoms with Crippen LogP contribution in [0.2, 0.25) is 0 Å². The van der Waals surface area contributed by atoms with Crippen molar-refractivity contribution in [2.24, 2.45) is 5.73 Å². The lowest BCUT2D eigenvalue weighted by Gasteiger charge is -2.02. The van der Waals surface area contributed by atoms with Crippen LogP contribution in [0, 0.1) is 6.92 Å². The van der Waals surface area contributed by atoms with Gasteiger partial charge in [-0.15, -0.1) is 0 Å². The van der Waals surface area contributed by atoms with E-state index in [0.717, 1.165) is 11.2 Å². The number of carboxylic acid groups (broad SMARTS) is 1. The number of pyridine rings is 1. The molecule has 0 aliphatic heterocycles. The molecule has 3 N–H and O–H groups in total. The molecule has 0 radical (unpaired) electrons. The number of rotatable bonds is 3. The average molecular weight is 219 g/mol. The third kappa shape index (κ3) is 1.90. The van der Waals surface area contributed by atoms with E-state index in [0.29, 0.717) is 5.69 Å². The van der Waals surface area contributed by atoms with Gasteiger partial charge in [-0.3, -0.25) is 4.79 Å². The summed E-state index contributed by atoms with van der Waals surface area (Å²) >= 11 is 0. The molecule has 1 atom stereocenters. The quantitative estimate of drug-likeness (QED) is 0.792. The minimum atomic E-state index is -1.01. The summed E-state index contributed by atoms with van der Waals surface area (Å²) < 4.78 is 1.78. The topological polar surface area (TPSA) is 80.6 Å². The van der Waals surface area contributed by atoms with E-state index < -0.39 is 12.0 Å². The van der Waals surface area contributed by atoms with E-state index in [1.165, 1.54) is 0 Å². The fraction of sp³-hybridized carbons (Fsp3) is 0.273. The van der Waals surface area contributed by atoms with E-state index in [1.807, 2.05) is 31.2 Å². The molecule has 0 fully saturated rings. The molecular formula is C11H13N3O2. The van der Waals surface area contributed by atoms with Crippen LogP contribution in [0.25, 0.3) is 5.52 Å². The Morgan fingerprint density at radius 2 is 2.38 bits per heavy atom. The third-order valence-corrected chi connectivity index (χ3v) is 2.47. The van der Waals surface area contributed by atoms with Crippen molar-refractivity contribution in [3.8, 4) is 0 Å². The van der Waals surface area contributed by atoms with E-state index in [4.69, 9.17) is 10.8 Å². The van der Waals surface area contributed by atoms with Gasteiger partial charge >= 0.3 is 5.97 Å². The van der Waals surface area contributed by atoms with E-state index in [9.17, 15) is 4.79 Å². The van der Waals surface area contributed by atoms with Crippen LogP contribution in [-0.2, 0) is 11.2 Å². The molecule has 0 saturated heterocycles. The molecule has 0 aromatic carbocycles. The average Bonchev–Trinajstić information content (AvgIpc) is 2.61. The van der Waals surface area contributed by atoms with E-state index in [2.05, 4.69) is 5.10 Å². The van der Waals surface area contributed by atoms with Gasteiger partial charge in [-0.2, -0.15) is 5.10 Å². The van der Waals surface area contributed by atoms with Crippen molar-refractivity contribution in [1.29, 1.82) is 0 Å². The molecule has 0 spiro atoms. The summed E-state index contributed by atoms with van der Waals surface area (Å²) in [4.78, 5) is 10.6. The van der Waals surface area contributed by atoms with Crippen molar-refractivity contribution in [2.75, 3.05) is 0 Å². The monoisotopic (exact) mass is 219 g/mol. The van der Waals surface area contributed by atoms with Crippen LogP contribution in [0.4, 0.5) is 0 Å². The first-order valence-electron chi connectivity index (χ1n) is 5.00. The van der Waals surface area contributed by atoms with Crippen LogP contribution in [0.15, 0.2) is 24.3 Å². The first kappa shape index (κ1) is 10.6. The maximum absolute atomic E-state index is 10.6. The molecule has 1 unspecified atom stereocenters. The van der Waals surface area contributed by atoms with Gasteiger partial charge in [-0.25, -0.2) is 4.52 Å².